The van der Waals surface area contributed by atoms with Crippen molar-refractivity contribution in [1.82, 2.24) is 25.4 Å². The smallest absolute Gasteiger partial charge is 0.191 e. The van der Waals surface area contributed by atoms with E-state index in [1.807, 2.05) is 24.9 Å². The maximum atomic E-state index is 4.81. The van der Waals surface area contributed by atoms with Crippen LogP contribution in [0.25, 0.3) is 0 Å². The number of halogens is 1. The molecule has 0 unspecified atom stereocenters. The van der Waals surface area contributed by atoms with E-state index in [-0.39, 0.29) is 24.0 Å². The fourth-order valence-electron chi connectivity index (χ4n) is 3.62. The number of hydrogen-bond donors (Lipinski definition) is 2. The molecule has 0 spiro atoms. The molecule has 0 aliphatic carbocycles. The van der Waals surface area contributed by atoms with Gasteiger partial charge in [-0.25, -0.2) is 9.98 Å². The minimum Gasteiger partial charge on any atom is -0.357 e. The fourth-order valence-corrected chi connectivity index (χ4v) is 3.62. The average Bonchev–Trinajstić information content (AvgIpc) is 2.93. The molecular weight excluding hydrogens is 477 g/mol. The molecule has 1 fully saturated rings. The number of nitrogens with one attached hydrogen (secondary N) is 2. The van der Waals surface area contributed by atoms with Gasteiger partial charge in [-0.1, -0.05) is 6.07 Å². The van der Waals surface area contributed by atoms with Gasteiger partial charge in [-0.05, 0) is 52.2 Å². The first-order chi connectivity index (χ1) is 13.5. The van der Waals surface area contributed by atoms with E-state index in [0.717, 1.165) is 49.9 Å². The Morgan fingerprint density at radius 1 is 1.21 bits per heavy atom. The van der Waals surface area contributed by atoms with Gasteiger partial charge in [-0.3, -0.25) is 4.68 Å². The van der Waals surface area contributed by atoms with Crippen LogP contribution in [0.5, 0.6) is 0 Å². The van der Waals surface area contributed by atoms with Crippen LogP contribution >= 0.6 is 24.0 Å². The van der Waals surface area contributed by atoms with Gasteiger partial charge in [0, 0.05) is 50.2 Å². The SMILES string of the molecule is CCNC(=NCc1c(C)nn(C)c1C)NC1CCN(c2ccc(C)cn2)CC1.I. The van der Waals surface area contributed by atoms with E-state index in [0.29, 0.717) is 12.6 Å². The average molecular weight is 511 g/mol. The molecule has 0 bridgehead atoms. The van der Waals surface area contributed by atoms with Crippen molar-refractivity contribution >= 4 is 35.8 Å². The number of rotatable bonds is 5. The summed E-state index contributed by atoms with van der Waals surface area (Å²) in [6.45, 7) is 11.8. The van der Waals surface area contributed by atoms with E-state index in [1.54, 1.807) is 0 Å². The second-order valence-corrected chi connectivity index (χ2v) is 7.57. The normalized spacial score (nSPS) is 15.2. The van der Waals surface area contributed by atoms with E-state index in [9.17, 15) is 0 Å². The molecule has 0 radical (unpaired) electrons. The Morgan fingerprint density at radius 2 is 1.93 bits per heavy atom. The van der Waals surface area contributed by atoms with E-state index < -0.39 is 0 Å². The zero-order valence-corrected chi connectivity index (χ0v) is 20.5. The van der Waals surface area contributed by atoms with Crippen LogP contribution in [0.3, 0.4) is 0 Å². The Hall–Kier alpha value is -1.84. The Labute approximate surface area is 191 Å². The van der Waals surface area contributed by atoms with Gasteiger partial charge in [0.2, 0.25) is 0 Å². The molecule has 0 aromatic carbocycles. The number of guanidine groups is 1. The van der Waals surface area contributed by atoms with Crippen LogP contribution in [0, 0.1) is 20.8 Å². The second-order valence-electron chi connectivity index (χ2n) is 7.57. The molecule has 1 aliphatic heterocycles. The molecule has 1 aliphatic rings. The molecule has 3 rings (SSSR count). The second kappa shape index (κ2) is 10.8. The third-order valence-electron chi connectivity index (χ3n) is 5.45. The summed E-state index contributed by atoms with van der Waals surface area (Å²) < 4.78 is 1.93. The predicted octanol–water partition coefficient (Wildman–Crippen LogP) is 3.08. The summed E-state index contributed by atoms with van der Waals surface area (Å²) in [4.78, 5) is 11.7. The van der Waals surface area contributed by atoms with E-state index in [1.165, 1.54) is 16.8 Å². The van der Waals surface area contributed by atoms with Crippen LogP contribution in [0.2, 0.25) is 0 Å². The van der Waals surface area contributed by atoms with Gasteiger partial charge in [0.1, 0.15) is 5.82 Å². The van der Waals surface area contributed by atoms with Crippen molar-refractivity contribution in [3.8, 4) is 0 Å². The molecule has 1 saturated heterocycles. The van der Waals surface area contributed by atoms with Crippen molar-refractivity contribution < 1.29 is 0 Å². The fraction of sp³-hybridized carbons (Fsp3) is 0.571. The zero-order valence-electron chi connectivity index (χ0n) is 18.2. The molecule has 160 valence electrons. The number of aryl methyl sites for hydroxylation is 3. The molecule has 0 saturated carbocycles. The van der Waals surface area contributed by atoms with Crippen molar-refractivity contribution in [2.75, 3.05) is 24.5 Å². The molecule has 2 N–H and O–H groups in total. The quantitative estimate of drug-likeness (QED) is 0.367. The molecule has 0 atom stereocenters. The third-order valence-corrected chi connectivity index (χ3v) is 5.45. The van der Waals surface area contributed by atoms with Crippen molar-refractivity contribution in [3.05, 3.63) is 40.8 Å². The first kappa shape index (κ1) is 23.4. The lowest BCUT2D eigenvalue weighted by Gasteiger charge is -2.33. The molecule has 29 heavy (non-hydrogen) atoms. The maximum absolute atomic E-state index is 4.81. The molecule has 0 amide bonds. The largest absolute Gasteiger partial charge is 0.357 e. The lowest BCUT2D eigenvalue weighted by Crippen LogP contribution is -2.48. The summed E-state index contributed by atoms with van der Waals surface area (Å²) in [6.07, 6.45) is 4.09. The maximum Gasteiger partial charge on any atom is 0.191 e. The highest BCUT2D eigenvalue weighted by atomic mass is 127. The number of pyridine rings is 1. The van der Waals surface area contributed by atoms with Gasteiger partial charge >= 0.3 is 0 Å². The number of hydrogen-bond acceptors (Lipinski definition) is 4. The molecule has 2 aromatic rings. The highest BCUT2D eigenvalue weighted by molar-refractivity contribution is 14.0. The number of anilines is 1. The monoisotopic (exact) mass is 511 g/mol. The summed E-state index contributed by atoms with van der Waals surface area (Å²) in [5, 5.41) is 11.5. The predicted molar refractivity (Wildman–Crippen MR) is 130 cm³/mol. The summed E-state index contributed by atoms with van der Waals surface area (Å²) in [5.41, 5.74) is 4.64. The number of piperidine rings is 1. The van der Waals surface area contributed by atoms with Crippen LogP contribution in [-0.2, 0) is 13.6 Å². The molecule has 2 aromatic heterocycles. The number of aromatic nitrogens is 3. The number of nitrogens with zero attached hydrogens (tertiary/aromatic N) is 5. The van der Waals surface area contributed by atoms with Crippen LogP contribution in [0.1, 0.15) is 42.3 Å². The van der Waals surface area contributed by atoms with Gasteiger partial charge in [0.25, 0.3) is 0 Å². The first-order valence-corrected chi connectivity index (χ1v) is 10.2. The summed E-state index contributed by atoms with van der Waals surface area (Å²) >= 11 is 0. The van der Waals surface area contributed by atoms with E-state index in [4.69, 9.17) is 4.99 Å². The molecule has 8 heteroatoms. The standard InChI is InChI=1S/C21H33N7.HI/c1-6-22-21(24-14-19-16(3)26-27(5)17(19)4)25-18-9-11-28(12-10-18)20-8-7-15(2)13-23-20;/h7-8,13,18H,6,9-12,14H2,1-5H3,(H2,22,24,25);1H. The Morgan fingerprint density at radius 3 is 2.48 bits per heavy atom. The first-order valence-electron chi connectivity index (χ1n) is 10.2. The minimum atomic E-state index is 0. The Balaban J connectivity index is 0.00000300. The van der Waals surface area contributed by atoms with Crippen molar-refractivity contribution in [2.24, 2.45) is 12.0 Å². The van der Waals surface area contributed by atoms with Crippen molar-refractivity contribution in [1.29, 1.82) is 0 Å². The molecular formula is C21H34IN7. The summed E-state index contributed by atoms with van der Waals surface area (Å²) in [5.74, 6) is 1.96. The van der Waals surface area contributed by atoms with Gasteiger partial charge in [-0.15, -0.1) is 24.0 Å². The van der Waals surface area contributed by atoms with Gasteiger partial charge in [0.05, 0.1) is 12.2 Å². The van der Waals surface area contributed by atoms with Crippen LogP contribution in [0.4, 0.5) is 5.82 Å². The molecule has 3 heterocycles. The lowest BCUT2D eigenvalue weighted by molar-refractivity contribution is 0.459. The Kier molecular flexibility index (Phi) is 8.73. The van der Waals surface area contributed by atoms with Crippen molar-refractivity contribution in [3.63, 3.8) is 0 Å². The van der Waals surface area contributed by atoms with Crippen LogP contribution in [0.15, 0.2) is 23.3 Å². The van der Waals surface area contributed by atoms with E-state index >= 15 is 0 Å². The zero-order chi connectivity index (χ0) is 20.1. The molecule has 7 nitrogen and oxygen atoms in total. The highest BCUT2D eigenvalue weighted by Gasteiger charge is 2.21. The van der Waals surface area contributed by atoms with Gasteiger partial charge in [0.15, 0.2) is 5.96 Å². The van der Waals surface area contributed by atoms with Gasteiger partial charge in [-0.2, -0.15) is 5.10 Å². The van der Waals surface area contributed by atoms with Crippen LogP contribution < -0.4 is 15.5 Å². The summed E-state index contributed by atoms with van der Waals surface area (Å²) in [7, 11) is 1.98. The van der Waals surface area contributed by atoms with E-state index in [2.05, 4.69) is 58.5 Å². The third kappa shape index (κ3) is 6.07. The Bertz CT molecular complexity index is 805. The van der Waals surface area contributed by atoms with Crippen molar-refractivity contribution in [2.45, 2.75) is 53.1 Å². The minimum absolute atomic E-state index is 0. The van der Waals surface area contributed by atoms with Crippen LogP contribution in [-0.4, -0.2) is 46.4 Å². The van der Waals surface area contributed by atoms with Gasteiger partial charge < -0.3 is 15.5 Å². The topological polar surface area (TPSA) is 70.4 Å². The lowest BCUT2D eigenvalue weighted by atomic mass is 10.1. The number of aliphatic imine (C=N–C) groups is 1. The summed E-state index contributed by atoms with van der Waals surface area (Å²) in [6, 6.07) is 4.67. The highest BCUT2D eigenvalue weighted by Crippen LogP contribution is 2.18.